The predicted octanol–water partition coefficient (Wildman–Crippen LogP) is 4.06. The highest BCUT2D eigenvalue weighted by Crippen LogP contribution is 2.33. The number of aromatic nitrogens is 2. The molecule has 1 fully saturated rings. The molecule has 0 aromatic carbocycles. The number of carbonyl (C=O) groups excluding carboxylic acids is 2. The number of amides is 2. The molecular weight excluding hydrogens is 444 g/mol. The third kappa shape index (κ3) is 4.97. The van der Waals surface area contributed by atoms with Gasteiger partial charge in [-0.05, 0) is 64.0 Å². The van der Waals surface area contributed by atoms with Crippen molar-refractivity contribution in [1.82, 2.24) is 14.9 Å². The number of nitrogens with zero attached hydrogens (tertiary/aromatic N) is 4. The Kier molecular flexibility index (Phi) is 6.58. The Morgan fingerprint density at radius 3 is 2.55 bits per heavy atom. The number of anilines is 2. The van der Waals surface area contributed by atoms with Crippen molar-refractivity contribution in [2.24, 2.45) is 5.92 Å². The van der Waals surface area contributed by atoms with Gasteiger partial charge in [0, 0.05) is 18.2 Å². The molecule has 1 saturated carbocycles. The number of carbonyl (C=O) groups is 2. The van der Waals surface area contributed by atoms with Gasteiger partial charge in [-0.25, -0.2) is 9.97 Å². The van der Waals surface area contributed by atoms with Crippen molar-refractivity contribution in [3.8, 4) is 6.07 Å². The van der Waals surface area contributed by atoms with E-state index in [9.17, 15) is 14.9 Å². The lowest BCUT2D eigenvalue weighted by atomic mass is 9.85. The van der Waals surface area contributed by atoms with E-state index in [0.29, 0.717) is 11.1 Å². The number of hydrogen-bond acceptors (Lipinski definition) is 7. The molecule has 4 rings (SSSR count). The Bertz CT molecular complexity index is 1220. The van der Waals surface area contributed by atoms with Crippen LogP contribution in [0.3, 0.4) is 0 Å². The average Bonchev–Trinajstić information content (AvgIpc) is 3.18. The van der Waals surface area contributed by atoms with Crippen LogP contribution in [-0.4, -0.2) is 46.8 Å². The molecule has 170 valence electrons. The van der Waals surface area contributed by atoms with Gasteiger partial charge >= 0.3 is 0 Å². The number of hydrogen-bond donors (Lipinski definition) is 2. The third-order valence-electron chi connectivity index (χ3n) is 5.87. The summed E-state index contributed by atoms with van der Waals surface area (Å²) in [4.78, 5) is 36.6. The van der Waals surface area contributed by atoms with Gasteiger partial charge in [0.05, 0.1) is 5.02 Å². The number of rotatable bonds is 5. The largest absolute Gasteiger partial charge is 0.447 e. The molecule has 3 aromatic rings. The van der Waals surface area contributed by atoms with Gasteiger partial charge in [0.25, 0.3) is 5.91 Å². The Hall–Kier alpha value is -3.48. The van der Waals surface area contributed by atoms with E-state index in [1.165, 1.54) is 12.3 Å². The number of halogens is 1. The summed E-state index contributed by atoms with van der Waals surface area (Å²) in [5.41, 5.74) is 0.832. The first-order chi connectivity index (χ1) is 15.9. The van der Waals surface area contributed by atoms with E-state index in [1.807, 2.05) is 20.2 Å². The summed E-state index contributed by atoms with van der Waals surface area (Å²) in [6, 6.07) is 8.61. The fourth-order valence-corrected chi connectivity index (χ4v) is 4.13. The Balaban J connectivity index is 1.62. The second-order valence-corrected chi connectivity index (χ2v) is 8.67. The van der Waals surface area contributed by atoms with Gasteiger partial charge < -0.3 is 20.0 Å². The molecule has 1 aliphatic carbocycles. The van der Waals surface area contributed by atoms with Crippen LogP contribution in [0.4, 0.5) is 11.5 Å². The van der Waals surface area contributed by atoms with E-state index >= 15 is 0 Å². The summed E-state index contributed by atoms with van der Waals surface area (Å²) in [7, 11) is 4.09. The number of nitriles is 1. The fraction of sp³-hybridized carbons (Fsp3) is 0.348. The minimum Gasteiger partial charge on any atom is -0.447 e. The summed E-state index contributed by atoms with van der Waals surface area (Å²) < 4.78 is 5.73. The van der Waals surface area contributed by atoms with Gasteiger partial charge in [-0.15, -0.1) is 0 Å². The lowest BCUT2D eigenvalue weighted by Gasteiger charge is -2.31. The van der Waals surface area contributed by atoms with Gasteiger partial charge in [0.15, 0.2) is 5.58 Å². The van der Waals surface area contributed by atoms with Gasteiger partial charge in [-0.1, -0.05) is 11.6 Å². The normalized spacial score (nSPS) is 18.2. The molecule has 0 spiro atoms. The summed E-state index contributed by atoms with van der Waals surface area (Å²) in [6.07, 6.45) is 4.74. The number of furan rings is 1. The lowest BCUT2D eigenvalue weighted by Crippen LogP contribution is -2.35. The maximum Gasteiger partial charge on any atom is 0.294 e. The topological polar surface area (TPSA) is 124 Å². The minimum atomic E-state index is -0.604. The van der Waals surface area contributed by atoms with Crippen LogP contribution >= 0.6 is 11.6 Å². The van der Waals surface area contributed by atoms with Crippen LogP contribution in [0.1, 0.15) is 41.9 Å². The van der Waals surface area contributed by atoms with E-state index in [2.05, 4.69) is 25.5 Å². The van der Waals surface area contributed by atoms with Crippen LogP contribution in [0.15, 0.2) is 34.9 Å². The maximum absolute atomic E-state index is 13.1. The van der Waals surface area contributed by atoms with Crippen LogP contribution in [-0.2, 0) is 4.79 Å². The van der Waals surface area contributed by atoms with Crippen LogP contribution in [0.5, 0.6) is 0 Å². The SMILES string of the molecule is CN(C)C1CCC(C(=O)Nc2c(C(=O)Nc3ccc(Cl)cn3)oc3ccc(C#N)nc23)CC1. The maximum atomic E-state index is 13.1. The molecule has 2 amide bonds. The highest BCUT2D eigenvalue weighted by Gasteiger charge is 2.30. The van der Waals surface area contributed by atoms with Crippen molar-refractivity contribution < 1.29 is 14.0 Å². The molecule has 33 heavy (non-hydrogen) atoms. The monoisotopic (exact) mass is 466 g/mol. The Morgan fingerprint density at radius 2 is 1.91 bits per heavy atom. The summed E-state index contributed by atoms with van der Waals surface area (Å²) in [6.45, 7) is 0. The minimum absolute atomic E-state index is 0.111. The van der Waals surface area contributed by atoms with Crippen molar-refractivity contribution in [1.29, 1.82) is 5.26 Å². The zero-order valence-electron chi connectivity index (χ0n) is 18.3. The zero-order chi connectivity index (χ0) is 23.5. The molecule has 3 heterocycles. The van der Waals surface area contributed by atoms with Crippen LogP contribution < -0.4 is 10.6 Å². The highest BCUT2D eigenvalue weighted by atomic mass is 35.5. The van der Waals surface area contributed by atoms with Gasteiger partial charge in [0.1, 0.15) is 28.8 Å². The zero-order valence-corrected chi connectivity index (χ0v) is 19.0. The predicted molar refractivity (Wildman–Crippen MR) is 124 cm³/mol. The summed E-state index contributed by atoms with van der Waals surface area (Å²) in [5, 5.41) is 15.2. The quantitative estimate of drug-likeness (QED) is 0.580. The first-order valence-corrected chi connectivity index (χ1v) is 11.0. The molecule has 2 N–H and O–H groups in total. The van der Waals surface area contributed by atoms with Crippen LogP contribution in [0.25, 0.3) is 11.1 Å². The molecule has 0 saturated heterocycles. The molecule has 0 bridgehead atoms. The Morgan fingerprint density at radius 1 is 1.15 bits per heavy atom. The van der Waals surface area contributed by atoms with E-state index < -0.39 is 5.91 Å². The van der Waals surface area contributed by atoms with Gasteiger partial charge in [0.2, 0.25) is 11.7 Å². The van der Waals surface area contributed by atoms with Crippen molar-refractivity contribution in [2.75, 3.05) is 24.7 Å². The molecule has 10 heteroatoms. The van der Waals surface area contributed by atoms with Crippen LogP contribution in [0, 0.1) is 17.2 Å². The molecule has 9 nitrogen and oxygen atoms in total. The van der Waals surface area contributed by atoms with Gasteiger partial charge in [-0.2, -0.15) is 5.26 Å². The summed E-state index contributed by atoms with van der Waals surface area (Å²) >= 11 is 5.85. The summed E-state index contributed by atoms with van der Waals surface area (Å²) in [5.74, 6) is -0.820. The smallest absolute Gasteiger partial charge is 0.294 e. The fourth-order valence-electron chi connectivity index (χ4n) is 4.02. The van der Waals surface area contributed by atoms with Gasteiger partial charge in [-0.3, -0.25) is 9.59 Å². The van der Waals surface area contributed by atoms with E-state index in [1.54, 1.807) is 18.2 Å². The highest BCUT2D eigenvalue weighted by molar-refractivity contribution is 6.30. The molecular formula is C23H23ClN6O3. The standard InChI is InChI=1S/C23H23ClN6O3/c1-30(2)16-7-3-13(4-8-16)22(31)29-20-19-17(9-6-15(11-25)27-19)33-21(20)23(32)28-18-10-5-14(24)12-26-18/h5-6,9-10,12-13,16H,3-4,7-8H2,1-2H3,(H,29,31)(H,26,28,32). The van der Waals surface area contributed by atoms with E-state index in [-0.39, 0.29) is 45.9 Å². The second kappa shape index (κ2) is 9.57. The first kappa shape index (κ1) is 22.7. The van der Waals surface area contributed by atoms with Crippen molar-refractivity contribution in [3.63, 3.8) is 0 Å². The number of nitrogens with one attached hydrogen (secondary N) is 2. The first-order valence-electron chi connectivity index (χ1n) is 10.6. The van der Waals surface area contributed by atoms with E-state index in [0.717, 1.165) is 25.7 Å². The van der Waals surface area contributed by atoms with E-state index in [4.69, 9.17) is 16.0 Å². The average molecular weight is 467 g/mol. The lowest BCUT2D eigenvalue weighted by molar-refractivity contribution is -0.121. The molecule has 0 atom stereocenters. The number of fused-ring (bicyclic) bond motifs is 1. The molecule has 3 aromatic heterocycles. The molecule has 1 aliphatic rings. The molecule has 0 radical (unpaired) electrons. The molecule has 0 aliphatic heterocycles. The molecule has 0 unspecified atom stereocenters. The van der Waals surface area contributed by atoms with Crippen LogP contribution in [0.2, 0.25) is 5.02 Å². The third-order valence-corrected chi connectivity index (χ3v) is 6.09. The second-order valence-electron chi connectivity index (χ2n) is 8.24. The van der Waals surface area contributed by atoms with Crippen molar-refractivity contribution >= 4 is 46.0 Å². The van der Waals surface area contributed by atoms with Crippen molar-refractivity contribution in [2.45, 2.75) is 31.7 Å². The Labute approximate surface area is 195 Å². The number of pyridine rings is 2. The van der Waals surface area contributed by atoms with Crippen molar-refractivity contribution in [3.05, 3.63) is 46.9 Å².